The lowest BCUT2D eigenvalue weighted by Crippen LogP contribution is -2.29. The zero-order valence-corrected chi connectivity index (χ0v) is 15.2. The van der Waals surface area contributed by atoms with E-state index in [4.69, 9.17) is 9.26 Å². The van der Waals surface area contributed by atoms with Gasteiger partial charge in [0.2, 0.25) is 5.88 Å². The first-order chi connectivity index (χ1) is 12.5. The first-order valence-electron chi connectivity index (χ1n) is 8.37. The molecule has 0 spiro atoms. The molecule has 2 aromatic heterocycles. The minimum absolute atomic E-state index is 0.0918. The molecule has 0 aliphatic rings. The van der Waals surface area contributed by atoms with E-state index in [1.165, 1.54) is 0 Å². The fraction of sp³-hybridized carbons (Fsp3) is 0.250. The second kappa shape index (κ2) is 7.39. The molecule has 1 amide bonds. The summed E-state index contributed by atoms with van der Waals surface area (Å²) < 4.78 is 10.6. The van der Waals surface area contributed by atoms with Crippen molar-refractivity contribution in [1.29, 1.82) is 0 Å². The fourth-order valence-corrected chi connectivity index (χ4v) is 2.63. The second-order valence-electron chi connectivity index (χ2n) is 6.28. The smallest absolute Gasteiger partial charge is 0.251 e. The number of methoxy groups -OCH3 is 1. The van der Waals surface area contributed by atoms with Crippen LogP contribution in [-0.4, -0.2) is 29.2 Å². The van der Waals surface area contributed by atoms with Crippen molar-refractivity contribution in [2.75, 3.05) is 7.11 Å². The van der Waals surface area contributed by atoms with Crippen LogP contribution in [0.1, 0.15) is 29.8 Å². The number of hydrogen-bond acceptors (Lipinski definition) is 5. The van der Waals surface area contributed by atoms with E-state index in [0.29, 0.717) is 17.2 Å². The Hall–Kier alpha value is -3.15. The fourth-order valence-electron chi connectivity index (χ4n) is 2.63. The summed E-state index contributed by atoms with van der Waals surface area (Å²) in [6.45, 7) is 5.81. The van der Waals surface area contributed by atoms with E-state index in [0.717, 1.165) is 22.4 Å². The van der Waals surface area contributed by atoms with Gasteiger partial charge in [-0.3, -0.25) is 4.79 Å². The summed E-state index contributed by atoms with van der Waals surface area (Å²) in [7, 11) is 1.58. The number of benzene rings is 1. The summed E-state index contributed by atoms with van der Waals surface area (Å²) in [5.74, 6) is 1.13. The van der Waals surface area contributed by atoms with Gasteiger partial charge in [0.1, 0.15) is 5.69 Å². The number of pyridine rings is 1. The standard InChI is InChI=1S/C20H21N3O3/c1-12(2)22-20(24)15-7-5-14(6-8-15)19-13(3)18(23-26-19)16-9-10-17(25-4)21-11-16/h5-12H,1-4H3,(H,22,24). The molecule has 6 heteroatoms. The summed E-state index contributed by atoms with van der Waals surface area (Å²) in [5, 5.41) is 7.05. The summed E-state index contributed by atoms with van der Waals surface area (Å²) >= 11 is 0. The normalized spacial score (nSPS) is 10.8. The topological polar surface area (TPSA) is 77.2 Å². The number of hydrogen-bond donors (Lipinski definition) is 1. The van der Waals surface area contributed by atoms with Gasteiger partial charge in [-0.05, 0) is 39.0 Å². The van der Waals surface area contributed by atoms with Crippen molar-refractivity contribution in [3.63, 3.8) is 0 Å². The zero-order chi connectivity index (χ0) is 18.7. The molecule has 0 saturated heterocycles. The SMILES string of the molecule is COc1ccc(-c2noc(-c3ccc(C(=O)NC(C)C)cc3)c2C)cn1. The van der Waals surface area contributed by atoms with Crippen LogP contribution in [0.5, 0.6) is 5.88 Å². The van der Waals surface area contributed by atoms with Crippen LogP contribution in [0.25, 0.3) is 22.6 Å². The lowest BCUT2D eigenvalue weighted by atomic mass is 10.0. The molecule has 0 atom stereocenters. The van der Waals surface area contributed by atoms with Crippen LogP contribution in [0.15, 0.2) is 47.1 Å². The van der Waals surface area contributed by atoms with Crippen LogP contribution in [-0.2, 0) is 0 Å². The lowest BCUT2D eigenvalue weighted by Gasteiger charge is -2.08. The summed E-state index contributed by atoms with van der Waals surface area (Å²) in [4.78, 5) is 16.3. The van der Waals surface area contributed by atoms with Gasteiger partial charge < -0.3 is 14.6 Å². The highest BCUT2D eigenvalue weighted by atomic mass is 16.5. The molecular weight excluding hydrogens is 330 g/mol. The minimum Gasteiger partial charge on any atom is -0.481 e. The highest BCUT2D eigenvalue weighted by Gasteiger charge is 2.16. The summed E-state index contributed by atoms with van der Waals surface area (Å²) in [5.41, 5.74) is 3.97. The van der Waals surface area contributed by atoms with Crippen LogP contribution in [0.2, 0.25) is 0 Å². The van der Waals surface area contributed by atoms with E-state index in [-0.39, 0.29) is 11.9 Å². The van der Waals surface area contributed by atoms with Gasteiger partial charge in [0, 0.05) is 40.6 Å². The Kier molecular flexibility index (Phi) is 5.02. The van der Waals surface area contributed by atoms with Crippen LogP contribution >= 0.6 is 0 Å². The lowest BCUT2D eigenvalue weighted by molar-refractivity contribution is 0.0943. The molecule has 3 aromatic rings. The number of aromatic nitrogens is 2. The first-order valence-corrected chi connectivity index (χ1v) is 8.37. The van der Waals surface area contributed by atoms with Gasteiger partial charge in [-0.25, -0.2) is 4.98 Å². The van der Waals surface area contributed by atoms with Crippen LogP contribution in [0.3, 0.4) is 0 Å². The summed E-state index contributed by atoms with van der Waals surface area (Å²) in [6.07, 6.45) is 1.70. The Morgan fingerprint density at radius 3 is 2.38 bits per heavy atom. The molecule has 26 heavy (non-hydrogen) atoms. The van der Waals surface area contributed by atoms with Crippen LogP contribution < -0.4 is 10.1 Å². The van der Waals surface area contributed by atoms with Gasteiger partial charge in [0.25, 0.3) is 5.91 Å². The number of rotatable bonds is 5. The molecular formula is C20H21N3O3. The highest BCUT2D eigenvalue weighted by molar-refractivity contribution is 5.94. The molecule has 0 bridgehead atoms. The predicted molar refractivity (Wildman–Crippen MR) is 99.1 cm³/mol. The Labute approximate surface area is 152 Å². The number of carbonyl (C=O) groups is 1. The van der Waals surface area contributed by atoms with Crippen LogP contribution in [0, 0.1) is 6.92 Å². The quantitative estimate of drug-likeness (QED) is 0.755. The molecule has 0 aliphatic carbocycles. The van der Waals surface area contributed by atoms with E-state index < -0.39 is 0 Å². The van der Waals surface area contributed by atoms with Gasteiger partial charge in [-0.15, -0.1) is 0 Å². The average molecular weight is 351 g/mol. The Balaban J connectivity index is 1.86. The van der Waals surface area contributed by atoms with E-state index >= 15 is 0 Å². The minimum atomic E-state index is -0.0918. The molecule has 0 fully saturated rings. The van der Waals surface area contributed by atoms with Crippen molar-refractivity contribution in [3.8, 4) is 28.5 Å². The first kappa shape index (κ1) is 17.7. The van der Waals surface area contributed by atoms with Crippen molar-refractivity contribution in [2.45, 2.75) is 26.8 Å². The molecule has 0 aliphatic heterocycles. The van der Waals surface area contributed by atoms with E-state index in [9.17, 15) is 4.79 Å². The average Bonchev–Trinajstić information content (AvgIpc) is 3.03. The molecule has 1 N–H and O–H groups in total. The Morgan fingerprint density at radius 1 is 1.12 bits per heavy atom. The maximum atomic E-state index is 12.0. The number of ether oxygens (including phenoxy) is 1. The molecule has 0 unspecified atom stereocenters. The van der Waals surface area contributed by atoms with Gasteiger partial charge in [0.15, 0.2) is 5.76 Å². The molecule has 134 valence electrons. The Bertz CT molecular complexity index is 897. The van der Waals surface area contributed by atoms with Gasteiger partial charge in [-0.1, -0.05) is 17.3 Å². The molecule has 3 rings (SSSR count). The van der Waals surface area contributed by atoms with Crippen molar-refractivity contribution in [1.82, 2.24) is 15.5 Å². The molecule has 2 heterocycles. The van der Waals surface area contributed by atoms with Gasteiger partial charge in [-0.2, -0.15) is 0 Å². The third-order valence-corrected chi connectivity index (χ3v) is 3.97. The number of amides is 1. The third-order valence-electron chi connectivity index (χ3n) is 3.97. The second-order valence-corrected chi connectivity index (χ2v) is 6.28. The number of nitrogens with one attached hydrogen (secondary N) is 1. The van der Waals surface area contributed by atoms with Gasteiger partial charge >= 0.3 is 0 Å². The van der Waals surface area contributed by atoms with Crippen molar-refractivity contribution >= 4 is 5.91 Å². The largest absolute Gasteiger partial charge is 0.481 e. The van der Waals surface area contributed by atoms with Crippen molar-refractivity contribution < 1.29 is 14.1 Å². The van der Waals surface area contributed by atoms with Crippen LogP contribution in [0.4, 0.5) is 0 Å². The zero-order valence-electron chi connectivity index (χ0n) is 15.2. The monoisotopic (exact) mass is 351 g/mol. The molecule has 1 aromatic carbocycles. The highest BCUT2D eigenvalue weighted by Crippen LogP contribution is 2.31. The summed E-state index contributed by atoms with van der Waals surface area (Å²) in [6, 6.07) is 11.1. The van der Waals surface area contributed by atoms with Crippen molar-refractivity contribution in [3.05, 3.63) is 53.7 Å². The molecule has 0 radical (unpaired) electrons. The van der Waals surface area contributed by atoms with E-state index in [1.807, 2.05) is 39.0 Å². The predicted octanol–water partition coefficient (Wildman–Crippen LogP) is 3.86. The van der Waals surface area contributed by atoms with E-state index in [1.54, 1.807) is 31.5 Å². The molecule has 0 saturated carbocycles. The maximum absolute atomic E-state index is 12.0. The third kappa shape index (κ3) is 3.59. The Morgan fingerprint density at radius 2 is 1.81 bits per heavy atom. The number of carbonyl (C=O) groups excluding carboxylic acids is 1. The molecule has 6 nitrogen and oxygen atoms in total. The maximum Gasteiger partial charge on any atom is 0.251 e. The van der Waals surface area contributed by atoms with E-state index in [2.05, 4.69) is 15.5 Å². The number of nitrogens with zero attached hydrogens (tertiary/aromatic N) is 2. The van der Waals surface area contributed by atoms with Crippen molar-refractivity contribution in [2.24, 2.45) is 0 Å². The van der Waals surface area contributed by atoms with Gasteiger partial charge in [0.05, 0.1) is 7.11 Å².